The van der Waals surface area contributed by atoms with E-state index in [9.17, 15) is 0 Å². The Balaban J connectivity index is 1.90. The number of aromatic nitrogens is 4. The van der Waals surface area contributed by atoms with Crippen LogP contribution in [-0.4, -0.2) is 34.0 Å². The van der Waals surface area contributed by atoms with E-state index in [1.54, 1.807) is 11.3 Å². The van der Waals surface area contributed by atoms with Crippen molar-refractivity contribution in [3.05, 3.63) is 27.8 Å². The number of nitrogens with one attached hydrogen (secondary N) is 2. The van der Waals surface area contributed by atoms with Crippen LogP contribution in [0.15, 0.2) is 11.4 Å². The van der Waals surface area contributed by atoms with Gasteiger partial charge in [-0.2, -0.15) is 9.97 Å². The molecule has 0 saturated heterocycles. The summed E-state index contributed by atoms with van der Waals surface area (Å²) < 4.78 is 0. The predicted molar refractivity (Wildman–Crippen MR) is 91.8 cm³/mol. The van der Waals surface area contributed by atoms with Crippen LogP contribution in [0, 0.1) is 6.92 Å². The number of aromatic amines is 1. The number of hydrogen-bond donors (Lipinski definition) is 2. The fourth-order valence-corrected chi connectivity index (χ4v) is 2.98. The highest BCUT2D eigenvalue weighted by Gasteiger charge is 2.11. The number of thiazole rings is 1. The van der Waals surface area contributed by atoms with Crippen LogP contribution < -0.4 is 10.2 Å². The summed E-state index contributed by atoms with van der Waals surface area (Å²) in [5, 5.41) is 7.66. The van der Waals surface area contributed by atoms with E-state index in [1.807, 2.05) is 25.9 Å². The van der Waals surface area contributed by atoms with Crippen LogP contribution in [0.25, 0.3) is 11.0 Å². The molecule has 0 aliphatic heterocycles. The van der Waals surface area contributed by atoms with Gasteiger partial charge in [-0.05, 0) is 19.4 Å². The Kier molecular flexibility index (Phi) is 3.98. The third kappa shape index (κ3) is 2.89. The molecule has 0 amide bonds. The molecule has 3 rings (SSSR count). The molecule has 6 nitrogen and oxygen atoms in total. The molecule has 0 aromatic carbocycles. The van der Waals surface area contributed by atoms with Gasteiger partial charge in [0.05, 0.1) is 22.6 Å². The Morgan fingerprint density at radius 1 is 1.27 bits per heavy atom. The van der Waals surface area contributed by atoms with Crippen molar-refractivity contribution in [3.63, 3.8) is 0 Å². The summed E-state index contributed by atoms with van der Waals surface area (Å²) in [5.41, 5.74) is 2.98. The molecule has 0 spiro atoms. The maximum absolute atomic E-state index is 4.62. The number of rotatable bonds is 5. The molecule has 0 aliphatic carbocycles. The number of nitrogens with zero attached hydrogens (tertiary/aromatic N) is 4. The van der Waals surface area contributed by atoms with Gasteiger partial charge in [0.1, 0.15) is 11.5 Å². The first-order chi connectivity index (χ1) is 10.6. The van der Waals surface area contributed by atoms with E-state index < -0.39 is 0 Å². The minimum atomic E-state index is 0.666. The van der Waals surface area contributed by atoms with E-state index in [-0.39, 0.29) is 0 Å². The number of H-pyrrole nitrogens is 1. The van der Waals surface area contributed by atoms with Crippen molar-refractivity contribution < 1.29 is 0 Å². The van der Waals surface area contributed by atoms with Crippen molar-refractivity contribution in [1.29, 1.82) is 0 Å². The van der Waals surface area contributed by atoms with E-state index in [1.165, 1.54) is 0 Å². The van der Waals surface area contributed by atoms with Gasteiger partial charge in [0.2, 0.25) is 5.95 Å². The zero-order valence-electron chi connectivity index (χ0n) is 13.3. The van der Waals surface area contributed by atoms with Crippen molar-refractivity contribution in [3.8, 4) is 0 Å². The zero-order valence-corrected chi connectivity index (χ0v) is 14.1. The minimum absolute atomic E-state index is 0.666. The lowest BCUT2D eigenvalue weighted by atomic mass is 10.3. The SMILES string of the molecule is CCc1nc(CNc2nc(N(C)C)nc3[nH]c(C)cc23)cs1. The highest BCUT2D eigenvalue weighted by Crippen LogP contribution is 2.24. The average molecular weight is 316 g/mol. The van der Waals surface area contributed by atoms with Gasteiger partial charge in [-0.25, -0.2) is 4.98 Å². The van der Waals surface area contributed by atoms with E-state index in [2.05, 4.69) is 43.6 Å². The van der Waals surface area contributed by atoms with Gasteiger partial charge in [0, 0.05) is 25.2 Å². The van der Waals surface area contributed by atoms with Crippen molar-refractivity contribution >= 4 is 34.1 Å². The first kappa shape index (κ1) is 14.8. The first-order valence-corrected chi connectivity index (χ1v) is 8.16. The lowest BCUT2D eigenvalue weighted by Crippen LogP contribution is -2.14. The van der Waals surface area contributed by atoms with Crippen molar-refractivity contribution in [2.24, 2.45) is 0 Å². The van der Waals surface area contributed by atoms with Crippen molar-refractivity contribution in [1.82, 2.24) is 19.9 Å². The quantitative estimate of drug-likeness (QED) is 0.757. The highest BCUT2D eigenvalue weighted by atomic mass is 32.1. The number of hydrogen-bond acceptors (Lipinski definition) is 6. The van der Waals surface area contributed by atoms with Gasteiger partial charge < -0.3 is 15.2 Å². The maximum Gasteiger partial charge on any atom is 0.228 e. The molecule has 22 heavy (non-hydrogen) atoms. The fraction of sp³-hybridized carbons (Fsp3) is 0.400. The summed E-state index contributed by atoms with van der Waals surface area (Å²) in [6, 6.07) is 2.07. The summed E-state index contributed by atoms with van der Waals surface area (Å²) >= 11 is 1.70. The molecule has 2 N–H and O–H groups in total. The Morgan fingerprint density at radius 2 is 2.09 bits per heavy atom. The molecule has 3 aromatic heterocycles. The van der Waals surface area contributed by atoms with Crippen LogP contribution in [0.1, 0.15) is 23.3 Å². The summed E-state index contributed by atoms with van der Waals surface area (Å²) in [6.07, 6.45) is 0.976. The lowest BCUT2D eigenvalue weighted by molar-refractivity contribution is 0.981. The second-order valence-corrected chi connectivity index (χ2v) is 6.36. The van der Waals surface area contributed by atoms with E-state index in [0.717, 1.165) is 39.7 Å². The Bertz CT molecular complexity index is 789. The van der Waals surface area contributed by atoms with Gasteiger partial charge in [-0.3, -0.25) is 0 Å². The molecule has 0 radical (unpaired) electrons. The minimum Gasteiger partial charge on any atom is -0.364 e. The molecule has 0 fully saturated rings. The average Bonchev–Trinajstić information content (AvgIpc) is 3.09. The monoisotopic (exact) mass is 316 g/mol. The molecule has 0 aliphatic rings. The summed E-state index contributed by atoms with van der Waals surface area (Å²) in [4.78, 5) is 18.9. The van der Waals surface area contributed by atoms with Crippen LogP contribution in [0.4, 0.5) is 11.8 Å². The fourth-order valence-electron chi connectivity index (χ4n) is 2.23. The Morgan fingerprint density at radius 3 is 2.77 bits per heavy atom. The van der Waals surface area contributed by atoms with Crippen molar-refractivity contribution in [2.45, 2.75) is 26.8 Å². The smallest absolute Gasteiger partial charge is 0.228 e. The van der Waals surface area contributed by atoms with Crippen LogP contribution in [0.2, 0.25) is 0 Å². The normalized spacial score (nSPS) is 11.1. The van der Waals surface area contributed by atoms with Gasteiger partial charge in [-0.1, -0.05) is 6.92 Å². The summed E-state index contributed by atoms with van der Waals surface area (Å²) in [7, 11) is 3.88. The van der Waals surface area contributed by atoms with Gasteiger partial charge in [0.15, 0.2) is 0 Å². The number of fused-ring (bicyclic) bond motifs is 1. The number of aryl methyl sites for hydroxylation is 2. The number of anilines is 2. The molecular weight excluding hydrogens is 296 g/mol. The maximum atomic E-state index is 4.62. The molecule has 116 valence electrons. The van der Waals surface area contributed by atoms with Crippen LogP contribution in [0.3, 0.4) is 0 Å². The Hall–Kier alpha value is -2.15. The first-order valence-electron chi connectivity index (χ1n) is 7.28. The third-order valence-electron chi connectivity index (χ3n) is 3.35. The van der Waals surface area contributed by atoms with E-state index in [0.29, 0.717) is 12.5 Å². The molecule has 0 bridgehead atoms. The second-order valence-electron chi connectivity index (χ2n) is 5.42. The zero-order chi connectivity index (χ0) is 15.7. The highest BCUT2D eigenvalue weighted by molar-refractivity contribution is 7.09. The summed E-state index contributed by atoms with van der Waals surface area (Å²) in [5.74, 6) is 1.52. The van der Waals surface area contributed by atoms with Crippen LogP contribution in [-0.2, 0) is 13.0 Å². The molecular formula is C15H20N6S. The van der Waals surface area contributed by atoms with Gasteiger partial charge in [0.25, 0.3) is 0 Å². The molecule has 3 heterocycles. The molecule has 0 saturated carbocycles. The van der Waals surface area contributed by atoms with Crippen LogP contribution in [0.5, 0.6) is 0 Å². The Labute approximate surface area is 133 Å². The van der Waals surface area contributed by atoms with Crippen molar-refractivity contribution in [2.75, 3.05) is 24.3 Å². The van der Waals surface area contributed by atoms with Crippen LogP contribution >= 0.6 is 11.3 Å². The summed E-state index contributed by atoms with van der Waals surface area (Å²) in [6.45, 7) is 4.81. The molecule has 7 heteroatoms. The van der Waals surface area contributed by atoms with Gasteiger partial charge in [-0.15, -0.1) is 11.3 Å². The lowest BCUT2D eigenvalue weighted by Gasteiger charge is -2.12. The predicted octanol–water partition coefficient (Wildman–Crippen LogP) is 2.96. The van der Waals surface area contributed by atoms with E-state index in [4.69, 9.17) is 0 Å². The topological polar surface area (TPSA) is 69.7 Å². The second kappa shape index (κ2) is 5.92. The third-order valence-corrected chi connectivity index (χ3v) is 4.39. The molecule has 0 atom stereocenters. The van der Waals surface area contributed by atoms with E-state index >= 15 is 0 Å². The standard InChI is InChI=1S/C15H20N6S/c1-5-12-18-10(8-22-12)7-16-13-11-6-9(2)17-14(11)20-15(19-13)21(3)4/h6,8H,5,7H2,1-4H3,(H2,16,17,19,20). The molecule has 3 aromatic rings. The largest absolute Gasteiger partial charge is 0.364 e. The molecule has 0 unspecified atom stereocenters. The van der Waals surface area contributed by atoms with Gasteiger partial charge >= 0.3 is 0 Å².